The predicted molar refractivity (Wildman–Crippen MR) is 172 cm³/mol. The second-order valence-corrected chi connectivity index (χ2v) is 12.4. The van der Waals surface area contributed by atoms with Crippen LogP contribution in [0.25, 0.3) is 11.1 Å². The van der Waals surface area contributed by atoms with Crippen molar-refractivity contribution < 1.29 is 13.9 Å². The average molecular weight is 628 g/mol. The maximum Gasteiger partial charge on any atom is 0.239 e. The lowest BCUT2D eigenvalue weighted by molar-refractivity contribution is -0.136. The Balaban J connectivity index is 1.09. The number of ether oxygens (including phenoxy) is 1. The molecule has 2 heterocycles. The summed E-state index contributed by atoms with van der Waals surface area (Å²) in [7, 11) is 0. The quantitative estimate of drug-likeness (QED) is 0.294. The molecule has 2 aliphatic rings. The van der Waals surface area contributed by atoms with Gasteiger partial charge in [-0.05, 0) is 98.3 Å². The minimum absolute atomic E-state index is 0.0329. The molecule has 3 aromatic carbocycles. The van der Waals surface area contributed by atoms with Gasteiger partial charge in [0.15, 0.2) is 0 Å². The zero-order chi connectivity index (χ0) is 30.3. The Labute approximate surface area is 264 Å². The normalized spacial score (nSPS) is 17.7. The molecule has 2 N–H and O–H groups in total. The molecule has 9 heteroatoms. The van der Waals surface area contributed by atoms with Crippen LogP contribution in [-0.2, 0) is 17.8 Å². The van der Waals surface area contributed by atoms with E-state index in [1.54, 1.807) is 6.07 Å². The monoisotopic (exact) mass is 626 g/mol. The van der Waals surface area contributed by atoms with Gasteiger partial charge in [0.2, 0.25) is 5.91 Å². The largest absolute Gasteiger partial charge is 0.493 e. The summed E-state index contributed by atoms with van der Waals surface area (Å²) in [5, 5.41) is 1.46. The lowest BCUT2D eigenvalue weighted by Gasteiger charge is -2.39. The molecule has 230 valence electrons. The Bertz CT molecular complexity index is 1370. The highest BCUT2D eigenvalue weighted by Gasteiger charge is 2.33. The summed E-state index contributed by atoms with van der Waals surface area (Å²) in [6, 6.07) is 18.4. The number of hydrogen-bond donors (Lipinski definition) is 1. The van der Waals surface area contributed by atoms with E-state index in [4.69, 9.17) is 33.7 Å². The molecule has 0 aliphatic carbocycles. The fourth-order valence-electron chi connectivity index (χ4n) is 6.24. The van der Waals surface area contributed by atoms with E-state index in [9.17, 15) is 9.18 Å². The van der Waals surface area contributed by atoms with Gasteiger partial charge in [-0.25, -0.2) is 4.39 Å². The number of carbonyl (C=O) groups is 1. The van der Waals surface area contributed by atoms with E-state index >= 15 is 0 Å². The van der Waals surface area contributed by atoms with Crippen molar-refractivity contribution in [3.8, 4) is 16.9 Å². The Morgan fingerprint density at radius 3 is 2.35 bits per heavy atom. The van der Waals surface area contributed by atoms with Crippen molar-refractivity contribution in [3.05, 3.63) is 87.7 Å². The zero-order valence-electron chi connectivity index (χ0n) is 24.8. The van der Waals surface area contributed by atoms with Crippen LogP contribution in [0.15, 0.2) is 60.7 Å². The summed E-state index contributed by atoms with van der Waals surface area (Å²) in [6.45, 7) is 8.16. The number of nitrogens with zero attached hydrogens (tertiary/aromatic N) is 3. The fraction of sp³-hybridized carbons (Fsp3) is 0.441. The molecule has 0 unspecified atom stereocenters. The molecule has 1 amide bonds. The lowest BCUT2D eigenvalue weighted by atomic mass is 9.88. The molecule has 0 spiro atoms. The van der Waals surface area contributed by atoms with Crippen molar-refractivity contribution in [3.63, 3.8) is 0 Å². The van der Waals surface area contributed by atoms with Crippen LogP contribution in [0.5, 0.6) is 5.75 Å². The van der Waals surface area contributed by atoms with E-state index in [0.29, 0.717) is 50.6 Å². The van der Waals surface area contributed by atoms with Crippen molar-refractivity contribution in [2.24, 2.45) is 11.7 Å². The van der Waals surface area contributed by atoms with Gasteiger partial charge in [0, 0.05) is 54.9 Å². The van der Waals surface area contributed by atoms with Gasteiger partial charge in [0.1, 0.15) is 11.6 Å². The van der Waals surface area contributed by atoms with Gasteiger partial charge in [-0.3, -0.25) is 9.69 Å². The van der Waals surface area contributed by atoms with E-state index in [1.165, 1.54) is 17.2 Å². The third-order valence-electron chi connectivity index (χ3n) is 8.79. The molecule has 1 atom stereocenters. The molecule has 3 aromatic rings. The van der Waals surface area contributed by atoms with Gasteiger partial charge in [-0.2, -0.15) is 0 Å². The van der Waals surface area contributed by atoms with Crippen molar-refractivity contribution in [2.45, 2.75) is 38.8 Å². The van der Waals surface area contributed by atoms with Crippen LogP contribution in [0, 0.1) is 11.7 Å². The molecular weight excluding hydrogens is 586 g/mol. The predicted octanol–water partition coefficient (Wildman–Crippen LogP) is 6.12. The maximum absolute atomic E-state index is 14.5. The third-order valence-corrected chi connectivity index (χ3v) is 9.27. The molecule has 0 bridgehead atoms. The van der Waals surface area contributed by atoms with Crippen molar-refractivity contribution in [1.29, 1.82) is 0 Å². The second kappa shape index (κ2) is 14.9. The molecule has 43 heavy (non-hydrogen) atoms. The Morgan fingerprint density at radius 1 is 0.953 bits per heavy atom. The topological polar surface area (TPSA) is 62.0 Å². The number of nitrogens with two attached hydrogens (primary N) is 1. The Kier molecular flexibility index (Phi) is 11.0. The molecular formula is C34H41Cl2FN4O2. The number of piperazine rings is 1. The van der Waals surface area contributed by atoms with E-state index in [0.717, 1.165) is 54.5 Å². The number of rotatable bonds is 10. The molecule has 2 aliphatic heterocycles. The summed E-state index contributed by atoms with van der Waals surface area (Å²) in [5.74, 6) is 0.534. The second-order valence-electron chi connectivity index (χ2n) is 11.5. The molecule has 2 fully saturated rings. The first-order valence-corrected chi connectivity index (χ1v) is 16.0. The van der Waals surface area contributed by atoms with Crippen LogP contribution in [0.4, 0.5) is 4.39 Å². The molecule has 0 aromatic heterocycles. The molecule has 0 saturated carbocycles. The average Bonchev–Trinajstić information content (AvgIpc) is 3.02. The summed E-state index contributed by atoms with van der Waals surface area (Å²) < 4.78 is 20.2. The molecule has 6 nitrogen and oxygen atoms in total. The van der Waals surface area contributed by atoms with Crippen molar-refractivity contribution >= 4 is 29.1 Å². The van der Waals surface area contributed by atoms with Crippen molar-refractivity contribution in [1.82, 2.24) is 14.7 Å². The SMILES string of the molecule is CCOc1cccc(F)c1CN1CCN(C(=O)[C@H](N)C2CCN(CCc3cc(Cl)ccc3-c3ccc(Cl)cc3)CC2)CC1. The first kappa shape index (κ1) is 31.7. The van der Waals surface area contributed by atoms with Crippen LogP contribution < -0.4 is 10.5 Å². The number of benzene rings is 3. The van der Waals surface area contributed by atoms with Gasteiger partial charge in [-0.1, -0.05) is 47.5 Å². The number of amides is 1. The Hall–Kier alpha value is -2.68. The van der Waals surface area contributed by atoms with Crippen LogP contribution in [0.2, 0.25) is 10.0 Å². The van der Waals surface area contributed by atoms with Gasteiger partial charge in [0.25, 0.3) is 0 Å². The highest BCUT2D eigenvalue weighted by Crippen LogP contribution is 2.29. The van der Waals surface area contributed by atoms with Crippen LogP contribution in [0.3, 0.4) is 0 Å². The van der Waals surface area contributed by atoms with E-state index in [-0.39, 0.29) is 17.6 Å². The summed E-state index contributed by atoms with van der Waals surface area (Å²) in [6.07, 6.45) is 2.69. The first-order chi connectivity index (χ1) is 20.8. The zero-order valence-corrected chi connectivity index (χ0v) is 26.3. The van der Waals surface area contributed by atoms with Gasteiger partial charge < -0.3 is 20.3 Å². The number of hydrogen-bond acceptors (Lipinski definition) is 5. The van der Waals surface area contributed by atoms with Crippen molar-refractivity contribution in [2.75, 3.05) is 52.4 Å². The van der Waals surface area contributed by atoms with E-state index in [2.05, 4.69) is 21.9 Å². The van der Waals surface area contributed by atoms with Crippen LogP contribution in [0.1, 0.15) is 30.9 Å². The van der Waals surface area contributed by atoms with Crippen LogP contribution in [-0.4, -0.2) is 79.1 Å². The minimum atomic E-state index is -0.491. The summed E-state index contributed by atoms with van der Waals surface area (Å²) >= 11 is 12.5. The first-order valence-electron chi connectivity index (χ1n) is 15.3. The summed E-state index contributed by atoms with van der Waals surface area (Å²) in [4.78, 5) is 19.9. The third kappa shape index (κ3) is 8.08. The Morgan fingerprint density at radius 2 is 1.65 bits per heavy atom. The number of likely N-dealkylation sites (tertiary alicyclic amines) is 1. The molecule has 5 rings (SSSR count). The van der Waals surface area contributed by atoms with E-state index in [1.807, 2.05) is 48.2 Å². The standard InChI is InChI=1S/C34H41Cl2FN4O2/c1-2-43-32-5-3-4-31(37)30(32)23-40-18-20-41(21-19-40)34(42)33(38)25-12-15-39(16-13-25)17-14-26-22-28(36)10-11-29(26)24-6-8-27(35)9-7-24/h3-11,22,25,33H,2,12-21,23,38H2,1H3/t33-/m1/s1. The number of carbonyl (C=O) groups excluding carboxylic acids is 1. The van der Waals surface area contributed by atoms with E-state index < -0.39 is 6.04 Å². The number of piperidine rings is 1. The smallest absolute Gasteiger partial charge is 0.239 e. The molecule has 2 saturated heterocycles. The maximum atomic E-state index is 14.5. The van der Waals surface area contributed by atoms with Gasteiger partial charge in [0.05, 0.1) is 12.6 Å². The van der Waals surface area contributed by atoms with Gasteiger partial charge >= 0.3 is 0 Å². The van der Waals surface area contributed by atoms with Gasteiger partial charge in [-0.15, -0.1) is 0 Å². The molecule has 0 radical (unpaired) electrons. The minimum Gasteiger partial charge on any atom is -0.493 e. The highest BCUT2D eigenvalue weighted by atomic mass is 35.5. The summed E-state index contributed by atoms with van der Waals surface area (Å²) in [5.41, 5.74) is 10.7. The fourth-order valence-corrected chi connectivity index (χ4v) is 6.56. The highest BCUT2D eigenvalue weighted by molar-refractivity contribution is 6.31. The van der Waals surface area contributed by atoms with Crippen LogP contribution >= 0.6 is 23.2 Å². The lowest BCUT2D eigenvalue weighted by Crippen LogP contribution is -2.55. The number of halogens is 3.